The van der Waals surface area contributed by atoms with E-state index in [-0.39, 0.29) is 5.78 Å². The smallest absolute Gasteiger partial charge is 0.214 e. The second kappa shape index (κ2) is 3.96. The molecule has 0 unspecified atom stereocenters. The van der Waals surface area contributed by atoms with Gasteiger partial charge in [0.1, 0.15) is 0 Å². The minimum atomic E-state index is 0.0356. The minimum absolute atomic E-state index is 0.0356. The lowest BCUT2D eigenvalue weighted by Gasteiger charge is -1.93. The summed E-state index contributed by atoms with van der Waals surface area (Å²) in [4.78, 5) is 13.5. The third-order valence-electron chi connectivity index (χ3n) is 2.19. The van der Waals surface area contributed by atoms with E-state index in [0.717, 1.165) is 4.88 Å². The van der Waals surface area contributed by atoms with Gasteiger partial charge < -0.3 is 0 Å². The Morgan fingerprint density at radius 3 is 2.62 bits per heavy atom. The van der Waals surface area contributed by atoms with Gasteiger partial charge in [0.2, 0.25) is 5.78 Å². The average Bonchev–Trinajstić information content (AvgIpc) is 2.89. The van der Waals surface area contributed by atoms with Gasteiger partial charge in [0.05, 0.1) is 14.8 Å². The van der Waals surface area contributed by atoms with Gasteiger partial charge in [-0.15, -0.1) is 34.0 Å². The van der Waals surface area contributed by atoms with Gasteiger partial charge in [-0.25, -0.2) is 0 Å². The highest BCUT2D eigenvalue weighted by molar-refractivity contribution is 7.28. The molecule has 0 N–H and O–H groups in total. The van der Waals surface area contributed by atoms with Gasteiger partial charge in [0.25, 0.3) is 0 Å². The van der Waals surface area contributed by atoms with Crippen LogP contribution in [0.5, 0.6) is 0 Å². The summed E-state index contributed by atoms with van der Waals surface area (Å²) in [5.74, 6) is 0.0356. The molecule has 3 heterocycles. The molecule has 0 aliphatic carbocycles. The van der Waals surface area contributed by atoms with E-state index in [9.17, 15) is 4.79 Å². The van der Waals surface area contributed by atoms with E-state index in [0.29, 0.717) is 9.90 Å². The first kappa shape index (κ1) is 10.5. The molecule has 0 aromatic carbocycles. The number of hydrogen-bond donors (Lipinski definition) is 0. The summed E-state index contributed by atoms with van der Waals surface area (Å²) in [6.07, 6.45) is 0. The van der Waals surface area contributed by atoms with Gasteiger partial charge in [-0.1, -0.05) is 11.6 Å². The number of carbonyl (C=O) groups excluding carboxylic acids is 1. The molecule has 0 bridgehead atoms. The first-order valence-corrected chi connectivity index (χ1v) is 7.46. The fourth-order valence-electron chi connectivity index (χ4n) is 1.45. The number of thiophene rings is 3. The van der Waals surface area contributed by atoms with Crippen molar-refractivity contribution >= 4 is 60.8 Å². The van der Waals surface area contributed by atoms with Crippen LogP contribution in [0.3, 0.4) is 0 Å². The standard InChI is InChI=1S/C11H5ClOS3/c12-6-1-3-15-11(6)10(13)9-5-8-7(16-9)2-4-14-8/h1-5H. The molecule has 0 aliphatic rings. The van der Waals surface area contributed by atoms with Crippen LogP contribution in [0.1, 0.15) is 14.5 Å². The SMILES string of the molecule is O=C(c1cc2sccc2s1)c1sccc1Cl. The molecular weight excluding hydrogens is 280 g/mol. The maximum atomic E-state index is 12.1. The van der Waals surface area contributed by atoms with Crippen molar-refractivity contribution in [2.45, 2.75) is 0 Å². The number of hydrogen-bond acceptors (Lipinski definition) is 4. The maximum Gasteiger partial charge on any atom is 0.214 e. The molecule has 0 amide bonds. The Bertz CT molecular complexity index is 633. The molecule has 3 aromatic heterocycles. The van der Waals surface area contributed by atoms with Gasteiger partial charge in [-0.2, -0.15) is 0 Å². The van der Waals surface area contributed by atoms with E-state index >= 15 is 0 Å². The molecule has 0 spiro atoms. The zero-order valence-electron chi connectivity index (χ0n) is 7.90. The molecule has 1 nitrogen and oxygen atoms in total. The highest BCUT2D eigenvalue weighted by Crippen LogP contribution is 2.33. The highest BCUT2D eigenvalue weighted by Gasteiger charge is 2.17. The fourth-order valence-corrected chi connectivity index (χ4v) is 4.66. The number of rotatable bonds is 2. The third kappa shape index (κ3) is 1.62. The molecule has 0 atom stereocenters. The Balaban J connectivity index is 2.08. The number of fused-ring (bicyclic) bond motifs is 1. The van der Waals surface area contributed by atoms with Crippen molar-refractivity contribution in [2.24, 2.45) is 0 Å². The summed E-state index contributed by atoms with van der Waals surface area (Å²) in [6, 6.07) is 5.75. The van der Waals surface area contributed by atoms with E-state index in [4.69, 9.17) is 11.6 Å². The Kier molecular flexibility index (Phi) is 2.59. The molecule has 0 radical (unpaired) electrons. The van der Waals surface area contributed by atoms with Crippen LogP contribution in [-0.2, 0) is 0 Å². The van der Waals surface area contributed by atoms with E-state index < -0.39 is 0 Å². The maximum absolute atomic E-state index is 12.1. The molecule has 3 aromatic rings. The van der Waals surface area contributed by atoms with Crippen molar-refractivity contribution < 1.29 is 4.79 Å². The lowest BCUT2D eigenvalue weighted by atomic mass is 10.3. The molecule has 0 saturated carbocycles. The molecule has 80 valence electrons. The largest absolute Gasteiger partial charge is 0.287 e. The van der Waals surface area contributed by atoms with Crippen LogP contribution in [0.15, 0.2) is 29.0 Å². The Hall–Kier alpha value is -0.680. The lowest BCUT2D eigenvalue weighted by molar-refractivity contribution is 0.104. The summed E-state index contributed by atoms with van der Waals surface area (Å²) in [5.41, 5.74) is 0. The summed E-state index contributed by atoms with van der Waals surface area (Å²) >= 11 is 10.5. The molecule has 0 saturated heterocycles. The fraction of sp³-hybridized carbons (Fsp3) is 0. The second-order valence-electron chi connectivity index (χ2n) is 3.19. The quantitative estimate of drug-likeness (QED) is 0.611. The van der Waals surface area contributed by atoms with Crippen molar-refractivity contribution in [3.05, 3.63) is 43.7 Å². The van der Waals surface area contributed by atoms with E-state index in [1.54, 1.807) is 17.4 Å². The van der Waals surface area contributed by atoms with Crippen molar-refractivity contribution in [1.29, 1.82) is 0 Å². The van der Waals surface area contributed by atoms with Crippen LogP contribution in [0.4, 0.5) is 0 Å². The van der Waals surface area contributed by atoms with E-state index in [1.165, 1.54) is 32.1 Å². The van der Waals surface area contributed by atoms with Crippen molar-refractivity contribution in [3.63, 3.8) is 0 Å². The average molecular weight is 285 g/mol. The third-order valence-corrected chi connectivity index (χ3v) is 5.62. The van der Waals surface area contributed by atoms with Gasteiger partial charge in [-0.05, 0) is 29.0 Å². The van der Waals surface area contributed by atoms with Gasteiger partial charge in [-0.3, -0.25) is 4.79 Å². The van der Waals surface area contributed by atoms with Gasteiger partial charge >= 0.3 is 0 Å². The van der Waals surface area contributed by atoms with Crippen LogP contribution in [-0.4, -0.2) is 5.78 Å². The Labute approximate surface area is 109 Å². The molecule has 3 rings (SSSR count). The normalized spacial score (nSPS) is 11.1. The Morgan fingerprint density at radius 1 is 1.12 bits per heavy atom. The first-order chi connectivity index (χ1) is 7.75. The predicted molar refractivity (Wildman–Crippen MR) is 72.5 cm³/mol. The summed E-state index contributed by atoms with van der Waals surface area (Å²) in [5, 5.41) is 4.42. The van der Waals surface area contributed by atoms with Gasteiger partial charge in [0.15, 0.2) is 0 Å². The molecular formula is C11H5ClOS3. The van der Waals surface area contributed by atoms with Gasteiger partial charge in [0, 0.05) is 9.40 Å². The summed E-state index contributed by atoms with van der Waals surface area (Å²) in [7, 11) is 0. The summed E-state index contributed by atoms with van der Waals surface area (Å²) in [6.45, 7) is 0. The van der Waals surface area contributed by atoms with E-state index in [2.05, 4.69) is 0 Å². The van der Waals surface area contributed by atoms with Crippen molar-refractivity contribution in [2.75, 3.05) is 0 Å². The number of ketones is 1. The predicted octanol–water partition coefficient (Wildman–Crippen LogP) is 4.91. The zero-order chi connectivity index (χ0) is 11.1. The molecule has 16 heavy (non-hydrogen) atoms. The molecule has 0 aliphatic heterocycles. The van der Waals surface area contributed by atoms with Crippen LogP contribution >= 0.6 is 45.6 Å². The Morgan fingerprint density at radius 2 is 1.94 bits per heavy atom. The zero-order valence-corrected chi connectivity index (χ0v) is 11.1. The van der Waals surface area contributed by atoms with Crippen molar-refractivity contribution in [3.8, 4) is 0 Å². The molecule has 0 fully saturated rings. The monoisotopic (exact) mass is 284 g/mol. The highest BCUT2D eigenvalue weighted by atomic mass is 35.5. The summed E-state index contributed by atoms with van der Waals surface area (Å²) < 4.78 is 2.34. The van der Waals surface area contributed by atoms with Crippen LogP contribution in [0.25, 0.3) is 9.40 Å². The topological polar surface area (TPSA) is 17.1 Å². The number of halogens is 1. The number of carbonyl (C=O) groups is 1. The van der Waals surface area contributed by atoms with Crippen LogP contribution < -0.4 is 0 Å². The first-order valence-electron chi connectivity index (χ1n) is 4.50. The van der Waals surface area contributed by atoms with E-state index in [1.807, 2.05) is 22.9 Å². The second-order valence-corrected chi connectivity index (χ2v) is 6.54. The van der Waals surface area contributed by atoms with Crippen LogP contribution in [0.2, 0.25) is 5.02 Å². The minimum Gasteiger partial charge on any atom is -0.287 e. The van der Waals surface area contributed by atoms with Crippen molar-refractivity contribution in [1.82, 2.24) is 0 Å². The van der Waals surface area contributed by atoms with Crippen LogP contribution in [0, 0.1) is 0 Å². The lowest BCUT2D eigenvalue weighted by Crippen LogP contribution is -1.95. The molecule has 5 heteroatoms.